The summed E-state index contributed by atoms with van der Waals surface area (Å²) in [5.74, 6) is 0. The molecule has 0 aromatic heterocycles. The molecule has 1 atom stereocenters. The van der Waals surface area contributed by atoms with E-state index in [-0.39, 0.29) is 0 Å². The number of likely N-dealkylation sites (N-methyl/N-ethyl adjacent to an activating group) is 1. The molecule has 3 nitrogen and oxygen atoms in total. The van der Waals surface area contributed by atoms with Crippen molar-refractivity contribution in [1.82, 2.24) is 5.32 Å². The summed E-state index contributed by atoms with van der Waals surface area (Å²) >= 11 is 0. The second-order valence-corrected chi connectivity index (χ2v) is 6.28. The Labute approximate surface area is 122 Å². The zero-order chi connectivity index (χ0) is 13.9. The second kappa shape index (κ2) is 6.15. The van der Waals surface area contributed by atoms with Gasteiger partial charge in [-0.05, 0) is 55.9 Å². The van der Waals surface area contributed by atoms with E-state index >= 15 is 0 Å². The first-order valence-electron chi connectivity index (χ1n) is 7.88. The lowest BCUT2D eigenvalue weighted by Gasteiger charge is -2.23. The molecule has 1 unspecified atom stereocenters. The SMILES string of the molecule is Cc1cc(N(C)CC2CCCO2)ccc1CNC1CC1. The van der Waals surface area contributed by atoms with E-state index in [0.29, 0.717) is 6.10 Å². The molecule has 0 bridgehead atoms. The van der Waals surface area contributed by atoms with Crippen LogP contribution in [0.1, 0.15) is 36.8 Å². The van der Waals surface area contributed by atoms with Crippen molar-refractivity contribution in [2.24, 2.45) is 0 Å². The number of ether oxygens (including phenoxy) is 1. The first-order valence-corrected chi connectivity index (χ1v) is 7.88. The largest absolute Gasteiger partial charge is 0.376 e. The molecule has 1 aromatic carbocycles. The Morgan fingerprint density at radius 1 is 1.30 bits per heavy atom. The fourth-order valence-electron chi connectivity index (χ4n) is 2.86. The first-order chi connectivity index (χ1) is 9.72. The molecule has 1 saturated heterocycles. The highest BCUT2D eigenvalue weighted by Crippen LogP contribution is 2.23. The zero-order valence-electron chi connectivity index (χ0n) is 12.7. The number of rotatable bonds is 6. The summed E-state index contributed by atoms with van der Waals surface area (Å²) < 4.78 is 5.72. The number of anilines is 1. The monoisotopic (exact) mass is 274 g/mol. The molecule has 20 heavy (non-hydrogen) atoms. The highest BCUT2D eigenvalue weighted by Gasteiger charge is 2.20. The minimum Gasteiger partial charge on any atom is -0.376 e. The van der Waals surface area contributed by atoms with Gasteiger partial charge in [-0.2, -0.15) is 0 Å². The summed E-state index contributed by atoms with van der Waals surface area (Å²) in [5.41, 5.74) is 4.11. The lowest BCUT2D eigenvalue weighted by Crippen LogP contribution is -2.28. The number of benzene rings is 1. The Kier molecular flexibility index (Phi) is 4.27. The van der Waals surface area contributed by atoms with Gasteiger partial charge in [-0.25, -0.2) is 0 Å². The molecule has 1 aliphatic heterocycles. The van der Waals surface area contributed by atoms with Crippen LogP contribution in [0.3, 0.4) is 0 Å². The average molecular weight is 274 g/mol. The molecule has 1 N–H and O–H groups in total. The first kappa shape index (κ1) is 13.9. The second-order valence-electron chi connectivity index (χ2n) is 6.28. The molecule has 2 aliphatic rings. The highest BCUT2D eigenvalue weighted by molar-refractivity contribution is 5.50. The van der Waals surface area contributed by atoms with E-state index in [1.165, 1.54) is 42.5 Å². The maximum absolute atomic E-state index is 5.72. The molecule has 1 aliphatic carbocycles. The Bertz CT molecular complexity index is 450. The van der Waals surface area contributed by atoms with Crippen molar-refractivity contribution >= 4 is 5.69 Å². The standard InChI is InChI=1S/C17H26N2O/c1-13-10-16(19(2)12-17-4-3-9-20-17)8-5-14(13)11-18-15-6-7-15/h5,8,10,15,17-18H,3-4,6-7,9,11-12H2,1-2H3. The molecule has 3 heteroatoms. The van der Waals surface area contributed by atoms with Gasteiger partial charge in [-0.15, -0.1) is 0 Å². The van der Waals surface area contributed by atoms with Gasteiger partial charge >= 0.3 is 0 Å². The summed E-state index contributed by atoms with van der Waals surface area (Å²) in [4.78, 5) is 2.32. The maximum atomic E-state index is 5.72. The van der Waals surface area contributed by atoms with Gasteiger partial charge in [-0.1, -0.05) is 6.07 Å². The highest BCUT2D eigenvalue weighted by atomic mass is 16.5. The topological polar surface area (TPSA) is 24.5 Å². The third-order valence-corrected chi connectivity index (χ3v) is 4.43. The van der Waals surface area contributed by atoms with E-state index in [2.05, 4.69) is 42.4 Å². The summed E-state index contributed by atoms with van der Waals surface area (Å²) in [5, 5.41) is 3.59. The summed E-state index contributed by atoms with van der Waals surface area (Å²) in [6, 6.07) is 7.59. The number of nitrogens with one attached hydrogen (secondary N) is 1. The van der Waals surface area contributed by atoms with E-state index in [4.69, 9.17) is 4.74 Å². The lowest BCUT2D eigenvalue weighted by atomic mass is 10.1. The van der Waals surface area contributed by atoms with Gasteiger partial charge in [0.05, 0.1) is 6.10 Å². The third-order valence-electron chi connectivity index (χ3n) is 4.43. The number of hydrogen-bond acceptors (Lipinski definition) is 3. The molecule has 110 valence electrons. The van der Waals surface area contributed by atoms with Gasteiger partial charge in [0.25, 0.3) is 0 Å². The Morgan fingerprint density at radius 2 is 2.15 bits per heavy atom. The predicted molar refractivity (Wildman–Crippen MR) is 83.3 cm³/mol. The van der Waals surface area contributed by atoms with E-state index in [1.807, 2.05) is 0 Å². The van der Waals surface area contributed by atoms with Crippen molar-refractivity contribution in [1.29, 1.82) is 0 Å². The fraction of sp³-hybridized carbons (Fsp3) is 0.647. The van der Waals surface area contributed by atoms with Crippen LogP contribution in [0.25, 0.3) is 0 Å². The van der Waals surface area contributed by atoms with Crippen LogP contribution in [-0.2, 0) is 11.3 Å². The van der Waals surface area contributed by atoms with Crippen LogP contribution in [0.2, 0.25) is 0 Å². The van der Waals surface area contributed by atoms with Crippen molar-refractivity contribution in [3.63, 3.8) is 0 Å². The molecule has 0 amide bonds. The summed E-state index contributed by atoms with van der Waals surface area (Å²) in [7, 11) is 2.17. The Morgan fingerprint density at radius 3 is 2.80 bits per heavy atom. The minimum atomic E-state index is 0.413. The van der Waals surface area contributed by atoms with E-state index in [9.17, 15) is 0 Å². The third kappa shape index (κ3) is 3.53. The molecule has 1 heterocycles. The van der Waals surface area contributed by atoms with Gasteiger partial charge in [0.15, 0.2) is 0 Å². The predicted octanol–water partition coefficient (Wildman–Crippen LogP) is 2.86. The normalized spacial score (nSPS) is 22.2. The van der Waals surface area contributed by atoms with Gasteiger partial charge in [-0.3, -0.25) is 0 Å². The van der Waals surface area contributed by atoms with Crippen molar-refractivity contribution in [2.45, 2.75) is 51.3 Å². The van der Waals surface area contributed by atoms with Crippen LogP contribution in [0.4, 0.5) is 5.69 Å². The molecule has 2 fully saturated rings. The molecule has 1 saturated carbocycles. The van der Waals surface area contributed by atoms with Crippen LogP contribution >= 0.6 is 0 Å². The number of aryl methyl sites for hydroxylation is 1. The number of hydrogen-bond donors (Lipinski definition) is 1. The van der Waals surface area contributed by atoms with Crippen molar-refractivity contribution in [3.8, 4) is 0 Å². The summed E-state index contributed by atoms with van der Waals surface area (Å²) in [6.07, 6.45) is 5.52. The maximum Gasteiger partial charge on any atom is 0.0750 e. The number of nitrogens with zero attached hydrogens (tertiary/aromatic N) is 1. The molecule has 0 radical (unpaired) electrons. The Hall–Kier alpha value is -1.06. The van der Waals surface area contributed by atoms with Crippen LogP contribution in [0.5, 0.6) is 0 Å². The van der Waals surface area contributed by atoms with Crippen LogP contribution in [-0.4, -0.2) is 32.3 Å². The average Bonchev–Trinajstić information content (AvgIpc) is 3.13. The molecular weight excluding hydrogens is 248 g/mol. The lowest BCUT2D eigenvalue weighted by molar-refractivity contribution is 0.116. The molecular formula is C17H26N2O. The summed E-state index contributed by atoms with van der Waals surface area (Å²) in [6.45, 7) is 5.15. The minimum absolute atomic E-state index is 0.413. The van der Waals surface area contributed by atoms with Crippen molar-refractivity contribution in [3.05, 3.63) is 29.3 Å². The molecule has 0 spiro atoms. The van der Waals surface area contributed by atoms with Gasteiger partial charge in [0.1, 0.15) is 0 Å². The van der Waals surface area contributed by atoms with Crippen LogP contribution < -0.4 is 10.2 Å². The van der Waals surface area contributed by atoms with Gasteiger partial charge in [0.2, 0.25) is 0 Å². The molecule has 3 rings (SSSR count). The smallest absolute Gasteiger partial charge is 0.0750 e. The Balaban J connectivity index is 1.59. The van der Waals surface area contributed by atoms with Crippen LogP contribution in [0.15, 0.2) is 18.2 Å². The van der Waals surface area contributed by atoms with Gasteiger partial charge < -0.3 is 15.0 Å². The quantitative estimate of drug-likeness (QED) is 0.863. The van der Waals surface area contributed by atoms with Crippen molar-refractivity contribution in [2.75, 3.05) is 25.1 Å². The van der Waals surface area contributed by atoms with E-state index in [1.54, 1.807) is 0 Å². The van der Waals surface area contributed by atoms with Crippen molar-refractivity contribution < 1.29 is 4.74 Å². The molecule has 1 aromatic rings. The van der Waals surface area contributed by atoms with E-state index in [0.717, 1.165) is 25.7 Å². The van der Waals surface area contributed by atoms with Gasteiger partial charge in [0, 0.05) is 38.5 Å². The fourth-order valence-corrected chi connectivity index (χ4v) is 2.86. The van der Waals surface area contributed by atoms with E-state index < -0.39 is 0 Å². The zero-order valence-corrected chi connectivity index (χ0v) is 12.7. The van der Waals surface area contributed by atoms with Crippen LogP contribution in [0, 0.1) is 6.92 Å².